The van der Waals surface area contributed by atoms with Gasteiger partial charge < -0.3 is 20.3 Å². The fourth-order valence-corrected chi connectivity index (χ4v) is 3.51. The van der Waals surface area contributed by atoms with Gasteiger partial charge >= 0.3 is 0 Å². The van der Waals surface area contributed by atoms with Crippen LogP contribution >= 0.6 is 0 Å². The highest BCUT2D eigenvalue weighted by molar-refractivity contribution is 6.06. The van der Waals surface area contributed by atoms with Gasteiger partial charge in [-0.15, -0.1) is 0 Å². The average Bonchev–Trinajstić information content (AvgIpc) is 3.09. The Morgan fingerprint density at radius 3 is 3.03 bits per heavy atom. The van der Waals surface area contributed by atoms with Crippen molar-refractivity contribution in [2.45, 2.75) is 19.9 Å². The van der Waals surface area contributed by atoms with Gasteiger partial charge in [0.1, 0.15) is 11.1 Å². The molecule has 0 spiro atoms. The second-order valence-corrected chi connectivity index (χ2v) is 7.28. The number of benzene rings is 1. The maximum Gasteiger partial charge on any atom is 0.262 e. The Balaban J connectivity index is 1.60. The third-order valence-corrected chi connectivity index (χ3v) is 4.85. The number of anilines is 2. The molecule has 1 unspecified atom stereocenters. The SMILES string of the molecule is CCOc1nc(N2CCNC(C)C2)ncc1C(=O)Nc1cc(F)c2nn(C)cc2c1. The van der Waals surface area contributed by atoms with Crippen LogP contribution in [0.3, 0.4) is 0 Å². The van der Waals surface area contributed by atoms with Gasteiger partial charge in [-0.1, -0.05) is 0 Å². The number of carbonyl (C=O) groups is 1. The van der Waals surface area contributed by atoms with Gasteiger partial charge in [-0.3, -0.25) is 9.48 Å². The van der Waals surface area contributed by atoms with Crippen molar-refractivity contribution in [1.29, 1.82) is 0 Å². The number of halogens is 1. The van der Waals surface area contributed by atoms with Gasteiger partial charge in [-0.2, -0.15) is 10.1 Å². The molecule has 0 aliphatic carbocycles. The van der Waals surface area contributed by atoms with Gasteiger partial charge in [0, 0.05) is 56.2 Å². The molecule has 1 saturated heterocycles. The minimum atomic E-state index is -0.507. The van der Waals surface area contributed by atoms with Crippen LogP contribution in [0.5, 0.6) is 5.88 Å². The first-order valence-electron chi connectivity index (χ1n) is 9.87. The number of amides is 1. The first-order valence-corrected chi connectivity index (χ1v) is 9.87. The van der Waals surface area contributed by atoms with Crippen LogP contribution in [0.25, 0.3) is 10.9 Å². The second kappa shape index (κ2) is 8.23. The third kappa shape index (κ3) is 4.04. The van der Waals surface area contributed by atoms with E-state index in [0.29, 0.717) is 29.7 Å². The molecule has 2 aromatic heterocycles. The maximum absolute atomic E-state index is 14.3. The van der Waals surface area contributed by atoms with E-state index in [2.05, 4.69) is 37.5 Å². The highest BCUT2D eigenvalue weighted by atomic mass is 19.1. The normalized spacial score (nSPS) is 16.7. The number of carbonyl (C=O) groups excluding carboxylic acids is 1. The largest absolute Gasteiger partial charge is 0.477 e. The van der Waals surface area contributed by atoms with E-state index in [0.717, 1.165) is 19.6 Å². The second-order valence-electron chi connectivity index (χ2n) is 7.28. The summed E-state index contributed by atoms with van der Waals surface area (Å²) in [5, 5.41) is 10.7. The lowest BCUT2D eigenvalue weighted by molar-refractivity contribution is 0.102. The van der Waals surface area contributed by atoms with Crippen LogP contribution in [0, 0.1) is 5.82 Å². The molecule has 158 valence electrons. The monoisotopic (exact) mass is 413 g/mol. The number of hydrogen-bond acceptors (Lipinski definition) is 7. The van der Waals surface area contributed by atoms with Crippen molar-refractivity contribution >= 4 is 28.4 Å². The third-order valence-electron chi connectivity index (χ3n) is 4.85. The predicted octanol–water partition coefficient (Wildman–Crippen LogP) is 1.95. The van der Waals surface area contributed by atoms with E-state index in [-0.39, 0.29) is 17.0 Å². The minimum Gasteiger partial charge on any atom is -0.477 e. The molecule has 3 heterocycles. The van der Waals surface area contributed by atoms with E-state index in [9.17, 15) is 9.18 Å². The van der Waals surface area contributed by atoms with Crippen molar-refractivity contribution in [3.8, 4) is 5.88 Å². The molecule has 1 fully saturated rings. The van der Waals surface area contributed by atoms with Crippen LogP contribution in [0.1, 0.15) is 24.2 Å². The van der Waals surface area contributed by atoms with Crippen LogP contribution in [0.15, 0.2) is 24.5 Å². The Morgan fingerprint density at radius 2 is 2.27 bits per heavy atom. The molecule has 1 atom stereocenters. The Hall–Kier alpha value is -3.27. The Labute approximate surface area is 173 Å². The molecule has 3 aromatic rings. The molecule has 0 radical (unpaired) electrons. The summed E-state index contributed by atoms with van der Waals surface area (Å²) in [4.78, 5) is 23.8. The number of piperazine rings is 1. The molecule has 2 N–H and O–H groups in total. The molecule has 0 bridgehead atoms. The van der Waals surface area contributed by atoms with E-state index in [1.54, 1.807) is 19.3 Å². The molecule has 1 aromatic carbocycles. The quantitative estimate of drug-likeness (QED) is 0.660. The van der Waals surface area contributed by atoms with Gasteiger partial charge in [-0.05, 0) is 26.0 Å². The Bertz CT molecular complexity index is 1080. The van der Waals surface area contributed by atoms with Gasteiger partial charge in [-0.25, -0.2) is 9.37 Å². The molecule has 30 heavy (non-hydrogen) atoms. The van der Waals surface area contributed by atoms with Gasteiger partial charge in [0.2, 0.25) is 11.8 Å². The molecule has 9 nitrogen and oxygen atoms in total. The zero-order chi connectivity index (χ0) is 21.3. The summed E-state index contributed by atoms with van der Waals surface area (Å²) >= 11 is 0. The van der Waals surface area contributed by atoms with Crippen molar-refractivity contribution in [2.75, 3.05) is 36.5 Å². The molecule has 1 aliphatic rings. The molecule has 4 rings (SSSR count). The lowest BCUT2D eigenvalue weighted by Crippen LogP contribution is -2.49. The van der Waals surface area contributed by atoms with Crippen molar-refractivity contribution in [3.63, 3.8) is 0 Å². The Morgan fingerprint density at radius 1 is 1.43 bits per heavy atom. The summed E-state index contributed by atoms with van der Waals surface area (Å²) in [5.41, 5.74) is 0.763. The van der Waals surface area contributed by atoms with Gasteiger partial charge in [0.15, 0.2) is 5.82 Å². The van der Waals surface area contributed by atoms with Crippen molar-refractivity contribution in [2.24, 2.45) is 7.05 Å². The topological polar surface area (TPSA) is 97.2 Å². The summed E-state index contributed by atoms with van der Waals surface area (Å²) in [6, 6.07) is 3.23. The minimum absolute atomic E-state index is 0.190. The lowest BCUT2D eigenvalue weighted by Gasteiger charge is -2.32. The fourth-order valence-electron chi connectivity index (χ4n) is 3.51. The zero-order valence-corrected chi connectivity index (χ0v) is 17.1. The molecular weight excluding hydrogens is 389 g/mol. The number of fused-ring (bicyclic) bond motifs is 1. The number of aryl methyl sites for hydroxylation is 1. The van der Waals surface area contributed by atoms with E-state index >= 15 is 0 Å². The van der Waals surface area contributed by atoms with Crippen LogP contribution < -0.4 is 20.3 Å². The highest BCUT2D eigenvalue weighted by Crippen LogP contribution is 2.24. The smallest absolute Gasteiger partial charge is 0.262 e. The van der Waals surface area contributed by atoms with E-state index in [4.69, 9.17) is 4.74 Å². The number of ether oxygens (including phenoxy) is 1. The molecule has 1 amide bonds. The van der Waals surface area contributed by atoms with E-state index in [1.807, 2.05) is 6.92 Å². The molecule has 10 heteroatoms. The summed E-state index contributed by atoms with van der Waals surface area (Å²) in [5.74, 6) is -0.255. The van der Waals surface area contributed by atoms with E-state index in [1.165, 1.54) is 16.9 Å². The summed E-state index contributed by atoms with van der Waals surface area (Å²) in [6.45, 7) is 6.63. The molecule has 1 aliphatic heterocycles. The first-order chi connectivity index (χ1) is 14.4. The van der Waals surface area contributed by atoms with Crippen molar-refractivity contribution in [1.82, 2.24) is 25.1 Å². The number of aromatic nitrogens is 4. The number of nitrogens with zero attached hydrogens (tertiary/aromatic N) is 5. The lowest BCUT2D eigenvalue weighted by atomic mass is 10.2. The Kier molecular flexibility index (Phi) is 5.49. The van der Waals surface area contributed by atoms with E-state index < -0.39 is 11.7 Å². The van der Waals surface area contributed by atoms with Gasteiger partial charge in [0.05, 0.1) is 6.61 Å². The highest BCUT2D eigenvalue weighted by Gasteiger charge is 2.22. The maximum atomic E-state index is 14.3. The predicted molar refractivity (Wildman–Crippen MR) is 112 cm³/mol. The summed E-state index contributed by atoms with van der Waals surface area (Å²) in [6.07, 6.45) is 3.14. The van der Waals surface area contributed by atoms with Gasteiger partial charge in [0.25, 0.3) is 5.91 Å². The first kappa shape index (κ1) is 20.0. The molecular formula is C20H24FN7O2. The van der Waals surface area contributed by atoms with Crippen molar-refractivity contribution < 1.29 is 13.9 Å². The summed E-state index contributed by atoms with van der Waals surface area (Å²) in [7, 11) is 1.71. The van der Waals surface area contributed by atoms with Crippen LogP contribution in [0.4, 0.5) is 16.0 Å². The van der Waals surface area contributed by atoms with Crippen LogP contribution in [-0.4, -0.2) is 57.9 Å². The van der Waals surface area contributed by atoms with Crippen LogP contribution in [0.2, 0.25) is 0 Å². The zero-order valence-electron chi connectivity index (χ0n) is 17.1. The number of nitrogens with one attached hydrogen (secondary N) is 2. The average molecular weight is 413 g/mol. The number of rotatable bonds is 5. The van der Waals surface area contributed by atoms with Crippen molar-refractivity contribution in [3.05, 3.63) is 35.9 Å². The standard InChI is InChI=1S/C20H24FN7O2/c1-4-30-19-15(9-23-20(25-19)28-6-5-22-12(2)10-28)18(29)24-14-7-13-11-27(3)26-17(13)16(21)8-14/h7-9,11-12,22H,4-6,10H2,1-3H3,(H,24,29). The van der Waals surface area contributed by atoms with Crippen LogP contribution in [-0.2, 0) is 7.05 Å². The summed E-state index contributed by atoms with van der Waals surface area (Å²) < 4.78 is 21.4. The molecule has 0 saturated carbocycles. The number of hydrogen-bond donors (Lipinski definition) is 2. The fraction of sp³-hybridized carbons (Fsp3) is 0.400.